The first-order valence-electron chi connectivity index (χ1n) is 9.16. The van der Waals surface area contributed by atoms with Crippen LogP contribution in [0.3, 0.4) is 0 Å². The van der Waals surface area contributed by atoms with Gasteiger partial charge in [0.2, 0.25) is 0 Å². The van der Waals surface area contributed by atoms with Crippen molar-refractivity contribution in [3.8, 4) is 22.4 Å². The van der Waals surface area contributed by atoms with E-state index in [0.29, 0.717) is 11.9 Å². The van der Waals surface area contributed by atoms with E-state index in [1.54, 1.807) is 19.4 Å². The van der Waals surface area contributed by atoms with Crippen molar-refractivity contribution in [2.75, 3.05) is 0 Å². The maximum absolute atomic E-state index is 12.9. The Kier molecular flexibility index (Phi) is 4.29. The van der Waals surface area contributed by atoms with Crippen molar-refractivity contribution in [1.82, 2.24) is 24.5 Å². The largest absolute Gasteiger partial charge is 0.275 e. The van der Waals surface area contributed by atoms with Crippen LogP contribution in [-0.2, 0) is 13.6 Å². The third kappa shape index (κ3) is 3.15. The van der Waals surface area contributed by atoms with Crippen LogP contribution >= 0.6 is 11.3 Å². The van der Waals surface area contributed by atoms with Crippen molar-refractivity contribution < 1.29 is 0 Å². The zero-order chi connectivity index (χ0) is 19.8. The average Bonchev–Trinajstić information content (AvgIpc) is 3.39. The zero-order valence-corrected chi connectivity index (χ0v) is 16.5. The molecule has 6 nitrogen and oxygen atoms in total. The van der Waals surface area contributed by atoms with Gasteiger partial charge >= 0.3 is 0 Å². The zero-order valence-electron chi connectivity index (χ0n) is 15.7. The molecule has 4 heterocycles. The van der Waals surface area contributed by atoms with E-state index >= 15 is 0 Å². The fraction of sp³-hybridized carbons (Fsp3) is 0.0909. The molecule has 0 aliphatic heterocycles. The maximum Gasteiger partial charge on any atom is 0.275 e. The van der Waals surface area contributed by atoms with Gasteiger partial charge in [-0.25, -0.2) is 4.68 Å². The summed E-state index contributed by atoms with van der Waals surface area (Å²) in [7, 11) is 1.69. The lowest BCUT2D eigenvalue weighted by atomic mass is 10.1. The number of thiophene rings is 1. The smallest absolute Gasteiger partial charge is 0.268 e. The third-order valence-corrected chi connectivity index (χ3v) is 5.84. The predicted molar refractivity (Wildman–Crippen MR) is 115 cm³/mol. The molecule has 0 aliphatic carbocycles. The van der Waals surface area contributed by atoms with E-state index in [-0.39, 0.29) is 5.56 Å². The number of aryl methyl sites for hydroxylation is 1. The molecule has 1 aromatic carbocycles. The SMILES string of the molecule is Cn1nc(-c2ccncc2)c2scc(-c3cnn(Cc4ccccc4)c3)c2c1=O. The standard InChI is InChI=1S/C22H17N5OS/c1-26-22(28)19-18(14-29-21(19)20(25-26)16-7-9-23-10-8-16)17-11-24-27(13-17)12-15-5-3-2-4-6-15/h2-11,13-14H,12H2,1H3. The van der Waals surface area contributed by atoms with Gasteiger partial charge in [-0.2, -0.15) is 10.2 Å². The summed E-state index contributed by atoms with van der Waals surface area (Å²) in [4.78, 5) is 17.0. The first kappa shape index (κ1) is 17.5. The van der Waals surface area contributed by atoms with E-state index < -0.39 is 0 Å². The van der Waals surface area contributed by atoms with Gasteiger partial charge in [-0.1, -0.05) is 30.3 Å². The van der Waals surface area contributed by atoms with Crippen molar-refractivity contribution in [2.24, 2.45) is 7.05 Å². The van der Waals surface area contributed by atoms with Gasteiger partial charge in [0.05, 0.1) is 22.8 Å². The van der Waals surface area contributed by atoms with E-state index in [0.717, 1.165) is 27.1 Å². The molecule has 4 aromatic heterocycles. The Morgan fingerprint density at radius 3 is 2.62 bits per heavy atom. The highest BCUT2D eigenvalue weighted by molar-refractivity contribution is 7.18. The molecule has 0 radical (unpaired) electrons. The van der Waals surface area contributed by atoms with E-state index in [4.69, 9.17) is 0 Å². The van der Waals surface area contributed by atoms with Crippen LogP contribution < -0.4 is 5.56 Å². The molecule has 0 bridgehead atoms. The van der Waals surface area contributed by atoms with Gasteiger partial charge < -0.3 is 0 Å². The number of hydrogen-bond donors (Lipinski definition) is 0. The van der Waals surface area contributed by atoms with Gasteiger partial charge in [0.15, 0.2) is 0 Å². The molecule has 0 aliphatic rings. The Balaban J connectivity index is 1.62. The molecule has 0 unspecified atom stereocenters. The number of aromatic nitrogens is 5. The predicted octanol–water partition coefficient (Wildman–Crippen LogP) is 3.97. The first-order chi connectivity index (χ1) is 14.2. The quantitative estimate of drug-likeness (QED) is 0.459. The van der Waals surface area contributed by atoms with Gasteiger partial charge in [-0.15, -0.1) is 11.3 Å². The lowest BCUT2D eigenvalue weighted by molar-refractivity contribution is 0.687. The molecule has 0 spiro atoms. The Labute approximate surface area is 170 Å². The highest BCUT2D eigenvalue weighted by Crippen LogP contribution is 2.36. The van der Waals surface area contributed by atoms with Crippen molar-refractivity contribution in [2.45, 2.75) is 6.54 Å². The van der Waals surface area contributed by atoms with Crippen LogP contribution in [0.4, 0.5) is 0 Å². The lowest BCUT2D eigenvalue weighted by Crippen LogP contribution is -2.20. The number of pyridine rings is 1. The summed E-state index contributed by atoms with van der Waals surface area (Å²) in [6, 6.07) is 14.0. The van der Waals surface area contributed by atoms with Gasteiger partial charge in [-0.3, -0.25) is 14.5 Å². The van der Waals surface area contributed by atoms with Crippen LogP contribution in [0.1, 0.15) is 5.56 Å². The lowest BCUT2D eigenvalue weighted by Gasteiger charge is -2.06. The molecule has 0 fully saturated rings. The Morgan fingerprint density at radius 1 is 1.03 bits per heavy atom. The average molecular weight is 399 g/mol. The molecule has 5 rings (SSSR count). The highest BCUT2D eigenvalue weighted by Gasteiger charge is 2.18. The summed E-state index contributed by atoms with van der Waals surface area (Å²) in [5.41, 5.74) is 4.62. The molecular weight excluding hydrogens is 382 g/mol. The van der Waals surface area contributed by atoms with Gasteiger partial charge in [0, 0.05) is 47.7 Å². The summed E-state index contributed by atoms with van der Waals surface area (Å²) >= 11 is 1.53. The van der Waals surface area contributed by atoms with Crippen LogP contribution in [-0.4, -0.2) is 24.5 Å². The van der Waals surface area contributed by atoms with E-state index in [1.165, 1.54) is 21.6 Å². The molecule has 0 amide bonds. The molecule has 5 aromatic rings. The van der Waals surface area contributed by atoms with Crippen LogP contribution in [0.5, 0.6) is 0 Å². The normalized spacial score (nSPS) is 11.2. The number of rotatable bonds is 4. The molecular formula is C22H17N5OS. The molecule has 0 saturated heterocycles. The van der Waals surface area contributed by atoms with E-state index in [9.17, 15) is 4.79 Å². The molecule has 29 heavy (non-hydrogen) atoms. The molecule has 7 heteroatoms. The number of hydrogen-bond acceptors (Lipinski definition) is 5. The van der Waals surface area contributed by atoms with Crippen molar-refractivity contribution >= 4 is 21.4 Å². The summed E-state index contributed by atoms with van der Waals surface area (Å²) in [6.45, 7) is 0.685. The topological polar surface area (TPSA) is 65.6 Å². The summed E-state index contributed by atoms with van der Waals surface area (Å²) < 4.78 is 4.18. The van der Waals surface area contributed by atoms with Crippen molar-refractivity contribution in [3.05, 3.63) is 88.5 Å². The van der Waals surface area contributed by atoms with Crippen LogP contribution in [0, 0.1) is 0 Å². The van der Waals surface area contributed by atoms with Crippen LogP contribution in [0.25, 0.3) is 32.5 Å². The fourth-order valence-electron chi connectivity index (χ4n) is 3.42. The maximum atomic E-state index is 12.9. The van der Waals surface area contributed by atoms with E-state index in [1.807, 2.05) is 52.8 Å². The summed E-state index contributed by atoms with van der Waals surface area (Å²) in [6.07, 6.45) is 7.27. The highest BCUT2D eigenvalue weighted by atomic mass is 32.1. The Bertz CT molecular complexity index is 1350. The summed E-state index contributed by atoms with van der Waals surface area (Å²) in [5.74, 6) is 0. The van der Waals surface area contributed by atoms with Crippen LogP contribution in [0.2, 0.25) is 0 Å². The van der Waals surface area contributed by atoms with Gasteiger partial charge in [0.1, 0.15) is 5.69 Å². The second kappa shape index (κ2) is 7.10. The third-order valence-electron chi connectivity index (χ3n) is 4.85. The Morgan fingerprint density at radius 2 is 1.83 bits per heavy atom. The minimum Gasteiger partial charge on any atom is -0.268 e. The Hall–Kier alpha value is -3.58. The van der Waals surface area contributed by atoms with E-state index in [2.05, 4.69) is 27.3 Å². The van der Waals surface area contributed by atoms with Crippen molar-refractivity contribution in [3.63, 3.8) is 0 Å². The minimum absolute atomic E-state index is 0.107. The number of benzene rings is 1. The summed E-state index contributed by atoms with van der Waals surface area (Å²) in [5, 5.41) is 11.7. The molecule has 0 atom stereocenters. The fourth-order valence-corrected chi connectivity index (χ4v) is 4.49. The number of fused-ring (bicyclic) bond motifs is 1. The van der Waals surface area contributed by atoms with Crippen LogP contribution in [0.15, 0.2) is 77.4 Å². The molecule has 0 saturated carbocycles. The van der Waals surface area contributed by atoms with Gasteiger partial charge in [-0.05, 0) is 17.7 Å². The van der Waals surface area contributed by atoms with Crippen molar-refractivity contribution in [1.29, 1.82) is 0 Å². The molecule has 0 N–H and O–H groups in total. The number of nitrogens with zero attached hydrogens (tertiary/aromatic N) is 5. The first-order valence-corrected chi connectivity index (χ1v) is 10.0. The monoisotopic (exact) mass is 399 g/mol. The minimum atomic E-state index is -0.107. The molecule has 142 valence electrons. The van der Waals surface area contributed by atoms with Gasteiger partial charge in [0.25, 0.3) is 5.56 Å². The second-order valence-corrected chi connectivity index (χ2v) is 7.66. The second-order valence-electron chi connectivity index (χ2n) is 6.78.